The monoisotopic (exact) mass is 411 g/mol. The molecule has 1 amide bonds. The van der Waals surface area contributed by atoms with E-state index in [1.165, 1.54) is 5.01 Å². The highest BCUT2D eigenvalue weighted by Crippen LogP contribution is 2.28. The highest BCUT2D eigenvalue weighted by Gasteiger charge is 2.28. The molecule has 0 unspecified atom stereocenters. The second-order valence-corrected chi connectivity index (χ2v) is 7.27. The van der Waals surface area contributed by atoms with Crippen LogP contribution in [0.1, 0.15) is 19.4 Å². The van der Waals surface area contributed by atoms with Gasteiger partial charge in [-0.25, -0.2) is 0 Å². The van der Waals surface area contributed by atoms with Crippen molar-refractivity contribution in [2.75, 3.05) is 23.6 Å². The number of hydrogen-bond acceptors (Lipinski definition) is 4. The van der Waals surface area contributed by atoms with E-state index in [1.807, 2.05) is 106 Å². The Bertz CT molecular complexity index is 1120. The molecule has 3 aromatic rings. The van der Waals surface area contributed by atoms with Crippen molar-refractivity contribution < 1.29 is 9.53 Å². The molecule has 5 heteroatoms. The van der Waals surface area contributed by atoms with Crippen LogP contribution in [-0.2, 0) is 4.79 Å². The van der Waals surface area contributed by atoms with Crippen LogP contribution < -0.4 is 14.6 Å². The third-order valence-corrected chi connectivity index (χ3v) is 5.19. The molecule has 0 aromatic heterocycles. The molecule has 0 fully saturated rings. The molecule has 0 aliphatic carbocycles. The molecule has 0 radical (unpaired) electrons. The smallest absolute Gasteiger partial charge is 0.280 e. The summed E-state index contributed by atoms with van der Waals surface area (Å²) in [4.78, 5) is 15.0. The van der Waals surface area contributed by atoms with Crippen molar-refractivity contribution in [3.63, 3.8) is 0 Å². The number of hydrogen-bond donors (Lipinski definition) is 0. The number of anilines is 3. The lowest BCUT2D eigenvalue weighted by Gasteiger charge is -2.20. The average molecular weight is 412 g/mol. The van der Waals surface area contributed by atoms with Gasteiger partial charge in [0.1, 0.15) is 5.75 Å². The number of para-hydroxylation sites is 1. The minimum Gasteiger partial charge on any atom is -0.494 e. The Labute approximate surface area is 182 Å². The number of carbonyl (C=O) groups excluding carboxylic acids is 1. The maximum Gasteiger partial charge on any atom is 0.280 e. The van der Waals surface area contributed by atoms with Crippen LogP contribution in [0.25, 0.3) is 6.08 Å². The zero-order valence-corrected chi connectivity index (χ0v) is 17.9. The van der Waals surface area contributed by atoms with E-state index in [0.29, 0.717) is 17.9 Å². The Morgan fingerprint density at radius 2 is 1.55 bits per heavy atom. The topological polar surface area (TPSA) is 45.1 Å². The van der Waals surface area contributed by atoms with Gasteiger partial charge >= 0.3 is 0 Å². The summed E-state index contributed by atoms with van der Waals surface area (Å²) in [6.45, 7) is 4.49. The summed E-state index contributed by atoms with van der Waals surface area (Å²) in [5, 5.41) is 5.89. The second kappa shape index (κ2) is 8.88. The molecule has 3 aromatic carbocycles. The molecule has 156 valence electrons. The lowest BCUT2D eigenvalue weighted by Crippen LogP contribution is -2.21. The van der Waals surface area contributed by atoms with Gasteiger partial charge in [-0.05, 0) is 74.0 Å². The molecule has 0 N–H and O–H groups in total. The zero-order valence-electron chi connectivity index (χ0n) is 17.9. The molecule has 31 heavy (non-hydrogen) atoms. The molecule has 0 saturated heterocycles. The molecule has 5 nitrogen and oxygen atoms in total. The standard InChI is InChI=1S/C26H25N3O2/c1-4-31-24-16-14-22(15-17-24)28(3)21-12-10-20(11-13-21)18-25-19(2)27-29(26(25)30)23-8-6-5-7-9-23/h5-18H,4H2,1-3H3/b25-18+. The number of benzene rings is 3. The summed E-state index contributed by atoms with van der Waals surface area (Å²) in [7, 11) is 2.03. The molecule has 0 spiro atoms. The fourth-order valence-electron chi connectivity index (χ4n) is 3.47. The number of nitrogens with zero attached hydrogens (tertiary/aromatic N) is 3. The first-order chi connectivity index (χ1) is 15.1. The summed E-state index contributed by atoms with van der Waals surface area (Å²) in [5.41, 5.74) is 5.17. The number of ether oxygens (including phenoxy) is 1. The molecule has 1 aliphatic heterocycles. The van der Waals surface area contributed by atoms with E-state index in [-0.39, 0.29) is 5.91 Å². The Morgan fingerprint density at radius 1 is 0.935 bits per heavy atom. The molecule has 0 saturated carbocycles. The summed E-state index contributed by atoms with van der Waals surface area (Å²) < 4.78 is 5.51. The highest BCUT2D eigenvalue weighted by molar-refractivity contribution is 6.32. The zero-order chi connectivity index (χ0) is 21.8. The van der Waals surface area contributed by atoms with Gasteiger partial charge in [0.2, 0.25) is 0 Å². The van der Waals surface area contributed by atoms with Crippen molar-refractivity contribution in [1.82, 2.24) is 0 Å². The maximum atomic E-state index is 12.9. The van der Waals surface area contributed by atoms with Crippen LogP contribution in [0.5, 0.6) is 5.75 Å². The van der Waals surface area contributed by atoms with E-state index >= 15 is 0 Å². The van der Waals surface area contributed by atoms with Crippen LogP contribution in [0.3, 0.4) is 0 Å². The second-order valence-electron chi connectivity index (χ2n) is 7.27. The third kappa shape index (κ3) is 4.36. The van der Waals surface area contributed by atoms with E-state index in [0.717, 1.165) is 28.4 Å². The van der Waals surface area contributed by atoms with E-state index in [2.05, 4.69) is 10.0 Å². The summed E-state index contributed by atoms with van der Waals surface area (Å²) in [5.74, 6) is 0.753. The van der Waals surface area contributed by atoms with Gasteiger partial charge in [-0.2, -0.15) is 10.1 Å². The lowest BCUT2D eigenvalue weighted by atomic mass is 10.1. The number of hydrazone groups is 1. The van der Waals surface area contributed by atoms with Crippen LogP contribution in [-0.4, -0.2) is 25.3 Å². The van der Waals surface area contributed by atoms with Crippen LogP contribution in [0.15, 0.2) is 89.5 Å². The predicted octanol–water partition coefficient (Wildman–Crippen LogP) is 5.66. The molecule has 0 atom stereocenters. The molecular weight excluding hydrogens is 386 g/mol. The van der Waals surface area contributed by atoms with Crippen LogP contribution in [0.4, 0.5) is 17.1 Å². The largest absolute Gasteiger partial charge is 0.494 e. The van der Waals surface area contributed by atoms with Gasteiger partial charge in [0.25, 0.3) is 5.91 Å². The van der Waals surface area contributed by atoms with Gasteiger partial charge in [0, 0.05) is 18.4 Å². The van der Waals surface area contributed by atoms with E-state index in [1.54, 1.807) is 0 Å². The van der Waals surface area contributed by atoms with Gasteiger partial charge in [-0.1, -0.05) is 30.3 Å². The molecule has 1 aliphatic rings. The Kier molecular flexibility index (Phi) is 5.85. The molecule has 4 rings (SSSR count). The average Bonchev–Trinajstić information content (AvgIpc) is 3.09. The first-order valence-corrected chi connectivity index (χ1v) is 10.3. The lowest BCUT2D eigenvalue weighted by molar-refractivity contribution is -0.114. The highest BCUT2D eigenvalue weighted by atomic mass is 16.5. The summed E-state index contributed by atoms with van der Waals surface area (Å²) in [6, 6.07) is 25.6. The fraction of sp³-hybridized carbons (Fsp3) is 0.154. The van der Waals surface area contributed by atoms with Gasteiger partial charge in [0.05, 0.1) is 23.6 Å². The van der Waals surface area contributed by atoms with E-state index in [9.17, 15) is 4.79 Å². The first-order valence-electron chi connectivity index (χ1n) is 10.3. The van der Waals surface area contributed by atoms with Crippen molar-refractivity contribution in [3.8, 4) is 5.75 Å². The van der Waals surface area contributed by atoms with Crippen molar-refractivity contribution in [3.05, 3.63) is 90.0 Å². The van der Waals surface area contributed by atoms with Gasteiger partial charge < -0.3 is 9.64 Å². The van der Waals surface area contributed by atoms with Gasteiger partial charge in [0.15, 0.2) is 0 Å². The summed E-state index contributed by atoms with van der Waals surface area (Å²) in [6.07, 6.45) is 1.89. The molecular formula is C26H25N3O2. The molecule has 1 heterocycles. The number of amides is 1. The molecule has 0 bridgehead atoms. The van der Waals surface area contributed by atoms with Gasteiger partial charge in [-0.15, -0.1) is 0 Å². The Morgan fingerprint density at radius 3 is 2.16 bits per heavy atom. The number of carbonyl (C=O) groups is 1. The van der Waals surface area contributed by atoms with Crippen molar-refractivity contribution >= 4 is 34.8 Å². The Balaban J connectivity index is 1.51. The first kappa shape index (κ1) is 20.4. The normalized spacial score (nSPS) is 14.7. The van der Waals surface area contributed by atoms with E-state index in [4.69, 9.17) is 4.74 Å². The van der Waals surface area contributed by atoms with Crippen molar-refractivity contribution in [2.45, 2.75) is 13.8 Å². The fourth-order valence-corrected chi connectivity index (χ4v) is 3.47. The van der Waals surface area contributed by atoms with Crippen LogP contribution in [0, 0.1) is 0 Å². The van der Waals surface area contributed by atoms with E-state index < -0.39 is 0 Å². The minimum absolute atomic E-state index is 0.112. The quantitative estimate of drug-likeness (QED) is 0.492. The SMILES string of the molecule is CCOc1ccc(N(C)c2ccc(/C=C3/C(=O)N(c4ccccc4)N=C3C)cc2)cc1. The predicted molar refractivity (Wildman–Crippen MR) is 127 cm³/mol. The Hall–Kier alpha value is -3.86. The minimum atomic E-state index is -0.112. The third-order valence-electron chi connectivity index (χ3n) is 5.19. The van der Waals surface area contributed by atoms with Crippen LogP contribution >= 0.6 is 0 Å². The van der Waals surface area contributed by atoms with Gasteiger partial charge in [-0.3, -0.25) is 4.79 Å². The van der Waals surface area contributed by atoms with Crippen molar-refractivity contribution in [2.24, 2.45) is 5.10 Å². The summed E-state index contributed by atoms with van der Waals surface area (Å²) >= 11 is 0. The van der Waals surface area contributed by atoms with Crippen LogP contribution in [0.2, 0.25) is 0 Å². The maximum absolute atomic E-state index is 12.9. The number of rotatable bonds is 6. The van der Waals surface area contributed by atoms with Crippen molar-refractivity contribution in [1.29, 1.82) is 0 Å².